The minimum Gasteiger partial charge on any atom is -0.481 e. The monoisotopic (exact) mass is 486 g/mol. The van der Waals surface area contributed by atoms with E-state index >= 15 is 0 Å². The van der Waals surface area contributed by atoms with E-state index in [1.807, 2.05) is 6.92 Å². The van der Waals surface area contributed by atoms with Gasteiger partial charge in [0, 0.05) is 23.7 Å². The number of hydrogen-bond donors (Lipinski definition) is 1. The van der Waals surface area contributed by atoms with Crippen LogP contribution in [0.4, 0.5) is 14.5 Å². The smallest absolute Gasteiger partial charge is 0.234 e. The normalized spacial score (nSPS) is 11.9. The molecule has 0 bridgehead atoms. The summed E-state index contributed by atoms with van der Waals surface area (Å²) < 4.78 is 34.4. The first-order valence-electron chi connectivity index (χ1n) is 9.21. The summed E-state index contributed by atoms with van der Waals surface area (Å²) in [4.78, 5) is 12.2. The molecular formula is C20H18Cl2F2N4O2S. The summed E-state index contributed by atoms with van der Waals surface area (Å²) in [5, 5.41) is 12.1. The third-order valence-electron chi connectivity index (χ3n) is 4.16. The highest BCUT2D eigenvalue weighted by Crippen LogP contribution is 2.32. The van der Waals surface area contributed by atoms with E-state index in [-0.39, 0.29) is 11.4 Å². The van der Waals surface area contributed by atoms with E-state index in [0.29, 0.717) is 39.4 Å². The zero-order chi connectivity index (χ0) is 22.5. The second kappa shape index (κ2) is 10.3. The Hall–Kier alpha value is -2.36. The largest absolute Gasteiger partial charge is 0.481 e. The first-order valence-corrected chi connectivity index (χ1v) is 10.9. The molecule has 1 aromatic heterocycles. The van der Waals surface area contributed by atoms with Gasteiger partial charge in [-0.05, 0) is 38.1 Å². The maximum atomic E-state index is 13.7. The maximum absolute atomic E-state index is 13.7. The van der Waals surface area contributed by atoms with E-state index in [0.717, 1.165) is 17.8 Å². The minimum absolute atomic E-state index is 0.0374. The number of hydrogen-bond acceptors (Lipinski definition) is 5. The molecule has 31 heavy (non-hydrogen) atoms. The SMILES string of the molecule is CCn1c(SCC(=O)Nc2ccc(F)cc2F)nnc1C(C)Oc1cc(Cl)ccc1Cl. The molecule has 0 aliphatic rings. The molecule has 1 N–H and O–H groups in total. The van der Waals surface area contributed by atoms with Crippen molar-refractivity contribution in [2.45, 2.75) is 31.7 Å². The third kappa shape index (κ3) is 5.87. The van der Waals surface area contributed by atoms with E-state index in [2.05, 4.69) is 15.5 Å². The standard InChI is InChI=1S/C20H18Cl2F2N4O2S/c1-3-28-19(11(2)30-17-8-12(21)4-6-14(17)22)26-27-20(28)31-10-18(29)25-16-7-5-13(23)9-15(16)24/h4-9,11H,3,10H2,1-2H3,(H,25,29). The van der Waals surface area contributed by atoms with Crippen molar-refractivity contribution < 1.29 is 18.3 Å². The Bertz CT molecular complexity index is 1100. The molecule has 0 aliphatic carbocycles. The van der Waals surface area contributed by atoms with E-state index in [1.165, 1.54) is 6.07 Å². The summed E-state index contributed by atoms with van der Waals surface area (Å²) in [6.07, 6.45) is -0.486. The molecule has 0 spiro atoms. The van der Waals surface area contributed by atoms with Crippen LogP contribution >= 0.6 is 35.0 Å². The molecular weight excluding hydrogens is 469 g/mol. The van der Waals surface area contributed by atoms with Crippen LogP contribution in [-0.4, -0.2) is 26.4 Å². The van der Waals surface area contributed by atoms with E-state index in [1.54, 1.807) is 29.7 Å². The predicted molar refractivity (Wildman–Crippen MR) is 117 cm³/mol. The molecule has 1 heterocycles. The fourth-order valence-corrected chi connectivity index (χ4v) is 3.86. The fraction of sp³-hybridized carbons (Fsp3) is 0.250. The highest BCUT2D eigenvalue weighted by molar-refractivity contribution is 7.99. The topological polar surface area (TPSA) is 69.0 Å². The minimum atomic E-state index is -0.844. The maximum Gasteiger partial charge on any atom is 0.234 e. The average Bonchev–Trinajstić information content (AvgIpc) is 3.14. The summed E-state index contributed by atoms with van der Waals surface area (Å²) in [5.41, 5.74) is -0.0925. The lowest BCUT2D eigenvalue weighted by molar-refractivity contribution is -0.113. The lowest BCUT2D eigenvalue weighted by Gasteiger charge is -2.16. The number of ether oxygens (including phenoxy) is 1. The van der Waals surface area contributed by atoms with Crippen LogP contribution in [0.1, 0.15) is 25.8 Å². The Morgan fingerprint density at radius 1 is 1.23 bits per heavy atom. The van der Waals surface area contributed by atoms with Crippen molar-refractivity contribution in [1.82, 2.24) is 14.8 Å². The van der Waals surface area contributed by atoms with Crippen molar-refractivity contribution in [2.75, 3.05) is 11.1 Å². The van der Waals surface area contributed by atoms with Gasteiger partial charge < -0.3 is 14.6 Å². The number of rotatable bonds is 8. The van der Waals surface area contributed by atoms with Crippen LogP contribution in [0.15, 0.2) is 41.6 Å². The number of thioether (sulfide) groups is 1. The van der Waals surface area contributed by atoms with Gasteiger partial charge in [0.15, 0.2) is 17.1 Å². The van der Waals surface area contributed by atoms with Crippen molar-refractivity contribution in [3.63, 3.8) is 0 Å². The van der Waals surface area contributed by atoms with Crippen molar-refractivity contribution in [3.8, 4) is 5.75 Å². The molecule has 3 aromatic rings. The number of amides is 1. The summed E-state index contributed by atoms with van der Waals surface area (Å²) in [7, 11) is 0. The van der Waals surface area contributed by atoms with E-state index in [4.69, 9.17) is 27.9 Å². The molecule has 0 aliphatic heterocycles. The first-order chi connectivity index (χ1) is 14.8. The van der Waals surface area contributed by atoms with Crippen LogP contribution in [0.25, 0.3) is 0 Å². The Morgan fingerprint density at radius 3 is 2.71 bits per heavy atom. The van der Waals surface area contributed by atoms with Crippen molar-refractivity contribution in [3.05, 3.63) is 63.9 Å². The van der Waals surface area contributed by atoms with Gasteiger partial charge in [-0.25, -0.2) is 8.78 Å². The Kier molecular flexibility index (Phi) is 7.74. The van der Waals surface area contributed by atoms with Gasteiger partial charge >= 0.3 is 0 Å². The lowest BCUT2D eigenvalue weighted by Crippen LogP contribution is -2.16. The number of nitrogens with zero attached hydrogens (tertiary/aromatic N) is 3. The molecule has 1 amide bonds. The molecule has 6 nitrogen and oxygen atoms in total. The second-order valence-electron chi connectivity index (χ2n) is 6.38. The van der Waals surface area contributed by atoms with Gasteiger partial charge in [-0.3, -0.25) is 4.79 Å². The van der Waals surface area contributed by atoms with Crippen LogP contribution in [0.3, 0.4) is 0 Å². The quantitative estimate of drug-likeness (QED) is 0.410. The molecule has 1 atom stereocenters. The molecule has 2 aromatic carbocycles. The molecule has 0 radical (unpaired) electrons. The molecule has 11 heteroatoms. The van der Waals surface area contributed by atoms with Gasteiger partial charge in [0.25, 0.3) is 0 Å². The zero-order valence-electron chi connectivity index (χ0n) is 16.5. The Labute approximate surface area is 191 Å². The highest BCUT2D eigenvalue weighted by Gasteiger charge is 2.20. The number of aromatic nitrogens is 3. The van der Waals surface area contributed by atoms with Gasteiger partial charge in [-0.2, -0.15) is 0 Å². The summed E-state index contributed by atoms with van der Waals surface area (Å²) >= 11 is 13.3. The van der Waals surface area contributed by atoms with Crippen LogP contribution in [0.5, 0.6) is 5.75 Å². The van der Waals surface area contributed by atoms with Crippen molar-refractivity contribution >= 4 is 46.6 Å². The van der Waals surface area contributed by atoms with Gasteiger partial charge in [-0.15, -0.1) is 10.2 Å². The van der Waals surface area contributed by atoms with Crippen molar-refractivity contribution in [2.24, 2.45) is 0 Å². The van der Waals surface area contributed by atoms with Gasteiger partial charge in [0.2, 0.25) is 5.91 Å². The van der Waals surface area contributed by atoms with Crippen LogP contribution < -0.4 is 10.1 Å². The highest BCUT2D eigenvalue weighted by atomic mass is 35.5. The predicted octanol–water partition coefficient (Wildman–Crippen LogP) is 5.75. The van der Waals surface area contributed by atoms with Crippen LogP contribution in [0.2, 0.25) is 10.0 Å². The van der Waals surface area contributed by atoms with Crippen LogP contribution in [-0.2, 0) is 11.3 Å². The van der Waals surface area contributed by atoms with Crippen LogP contribution in [0, 0.1) is 11.6 Å². The number of carbonyl (C=O) groups excluding carboxylic acids is 1. The average molecular weight is 487 g/mol. The second-order valence-corrected chi connectivity index (χ2v) is 8.17. The van der Waals surface area contributed by atoms with Gasteiger partial charge in [0.05, 0.1) is 16.5 Å². The van der Waals surface area contributed by atoms with E-state index < -0.39 is 23.6 Å². The molecule has 0 fully saturated rings. The summed E-state index contributed by atoms with van der Waals surface area (Å²) in [5.74, 6) is -1.09. The Balaban J connectivity index is 1.66. The van der Waals surface area contributed by atoms with Gasteiger partial charge in [-0.1, -0.05) is 35.0 Å². The molecule has 3 rings (SSSR count). The van der Waals surface area contributed by atoms with Gasteiger partial charge in [0.1, 0.15) is 17.4 Å². The number of carbonyl (C=O) groups is 1. The number of halogens is 4. The lowest BCUT2D eigenvalue weighted by atomic mass is 10.3. The van der Waals surface area contributed by atoms with Crippen molar-refractivity contribution in [1.29, 1.82) is 0 Å². The number of nitrogens with one attached hydrogen (secondary N) is 1. The number of anilines is 1. The fourth-order valence-electron chi connectivity index (χ4n) is 2.72. The van der Waals surface area contributed by atoms with E-state index in [9.17, 15) is 13.6 Å². The molecule has 1 unspecified atom stereocenters. The molecule has 0 saturated heterocycles. The molecule has 164 valence electrons. The first kappa shape index (κ1) is 23.3. The zero-order valence-corrected chi connectivity index (χ0v) is 18.9. The Morgan fingerprint density at radius 2 is 2.00 bits per heavy atom. The number of benzene rings is 2. The molecule has 0 saturated carbocycles. The third-order valence-corrected chi connectivity index (χ3v) is 5.67. The summed E-state index contributed by atoms with van der Waals surface area (Å²) in [6.45, 7) is 4.24. The summed E-state index contributed by atoms with van der Waals surface area (Å²) in [6, 6.07) is 7.85.